The van der Waals surface area contributed by atoms with Crippen molar-refractivity contribution >= 4 is 5.78 Å². The van der Waals surface area contributed by atoms with Gasteiger partial charge >= 0.3 is 0 Å². The highest BCUT2D eigenvalue weighted by molar-refractivity contribution is 5.78. The second-order valence-corrected chi connectivity index (χ2v) is 8.36. The number of hydrogen-bond donors (Lipinski definition) is 3. The number of hydroxylamine groups is 2. The van der Waals surface area contributed by atoms with Crippen molar-refractivity contribution < 1.29 is 29.8 Å². The number of carbonyl (C=O) groups excluding carboxylic acids is 1. The molecule has 1 unspecified atom stereocenters. The molecule has 1 atom stereocenters. The first-order valence-electron chi connectivity index (χ1n) is 12.7. The molecule has 0 aliphatic carbocycles. The predicted molar refractivity (Wildman–Crippen MR) is 128 cm³/mol. The van der Waals surface area contributed by atoms with E-state index in [4.69, 9.17) is 19.9 Å². The van der Waals surface area contributed by atoms with Gasteiger partial charge in [0, 0.05) is 12.8 Å². The highest BCUT2D eigenvalue weighted by atomic mass is 16.9. The first kappa shape index (κ1) is 31.2. The summed E-state index contributed by atoms with van der Waals surface area (Å²) in [7, 11) is 0. The molecule has 0 aliphatic heterocycles. The van der Waals surface area contributed by atoms with Crippen LogP contribution in [0.5, 0.6) is 0 Å². The maximum atomic E-state index is 12.0. The molecule has 0 aromatic heterocycles. The minimum absolute atomic E-state index is 0.0149. The van der Waals surface area contributed by atoms with E-state index in [0.717, 1.165) is 30.9 Å². The van der Waals surface area contributed by atoms with Gasteiger partial charge in [-0.25, -0.2) is 0 Å². The lowest BCUT2D eigenvalue weighted by molar-refractivity contribution is -0.376. The Morgan fingerprint density at radius 3 is 1.84 bits per heavy atom. The van der Waals surface area contributed by atoms with Gasteiger partial charge in [-0.15, -0.1) is 0 Å². The Morgan fingerprint density at radius 2 is 1.31 bits per heavy atom. The Labute approximate surface area is 195 Å². The fraction of sp³-hybridized carbons (Fsp3) is 0.880. The summed E-state index contributed by atoms with van der Waals surface area (Å²) in [6.07, 6.45) is 20.1. The molecule has 7 nitrogen and oxygen atoms in total. The van der Waals surface area contributed by atoms with E-state index >= 15 is 0 Å². The van der Waals surface area contributed by atoms with E-state index in [0.29, 0.717) is 6.42 Å². The van der Waals surface area contributed by atoms with Crippen LogP contribution in [0, 0.1) is 0 Å². The molecule has 190 valence electrons. The van der Waals surface area contributed by atoms with Crippen molar-refractivity contribution in [1.29, 1.82) is 0 Å². The summed E-state index contributed by atoms with van der Waals surface area (Å²) in [5.41, 5.74) is 0. The van der Waals surface area contributed by atoms with Crippen LogP contribution >= 0.6 is 0 Å². The van der Waals surface area contributed by atoms with Crippen LogP contribution in [0.3, 0.4) is 0 Å². The summed E-state index contributed by atoms with van der Waals surface area (Å²) in [6.45, 7) is 1.88. The topological polar surface area (TPSA) is 99.5 Å². The summed E-state index contributed by atoms with van der Waals surface area (Å²) in [5, 5.41) is 28.7. The second kappa shape index (κ2) is 24.8. The highest BCUT2D eigenvalue weighted by Crippen LogP contribution is 2.11. The number of unbranched alkanes of at least 4 members (excludes halogenated alkanes) is 11. The Morgan fingerprint density at radius 1 is 0.812 bits per heavy atom. The van der Waals surface area contributed by atoms with Crippen molar-refractivity contribution in [3.8, 4) is 0 Å². The van der Waals surface area contributed by atoms with Crippen LogP contribution < -0.4 is 0 Å². The van der Waals surface area contributed by atoms with Gasteiger partial charge < -0.3 is 15.3 Å². The third-order valence-corrected chi connectivity index (χ3v) is 5.19. The van der Waals surface area contributed by atoms with Crippen LogP contribution in [0.1, 0.15) is 103 Å². The SMILES string of the molecule is CCCCCCCC/C=C\CCCCCCCC(=O)CC(O)CN(OCCO)OCCO. The zero-order chi connectivity index (χ0) is 23.7. The highest BCUT2D eigenvalue weighted by Gasteiger charge is 2.16. The molecule has 0 aromatic rings. The van der Waals surface area contributed by atoms with Gasteiger partial charge in [-0.05, 0) is 32.1 Å². The van der Waals surface area contributed by atoms with Crippen molar-refractivity contribution in [3.05, 3.63) is 12.2 Å². The predicted octanol–water partition coefficient (Wildman–Crippen LogP) is 4.49. The lowest BCUT2D eigenvalue weighted by Gasteiger charge is -2.22. The number of Topliss-reactive ketones (excluding diaryl/α,β-unsaturated/α-hetero) is 1. The minimum atomic E-state index is -0.914. The normalized spacial score (nSPS) is 12.8. The molecule has 0 bridgehead atoms. The molecule has 3 N–H and O–H groups in total. The second-order valence-electron chi connectivity index (χ2n) is 8.36. The molecule has 0 aromatic carbocycles. The van der Waals surface area contributed by atoms with Crippen LogP contribution in [-0.2, 0) is 14.5 Å². The molecular weight excluding hydrogens is 410 g/mol. The zero-order valence-electron chi connectivity index (χ0n) is 20.4. The number of rotatable bonds is 25. The lowest BCUT2D eigenvalue weighted by Crippen LogP contribution is -2.35. The summed E-state index contributed by atoms with van der Waals surface area (Å²) in [5.74, 6) is 0.0272. The standard InChI is InChI=1S/C25H49NO6/c1-2-3-4-5-6-7-8-9-10-11-12-13-14-15-16-17-24(29)22-25(30)23-26(31-20-18-27)32-21-19-28/h9-10,25,27-28,30H,2-8,11-23H2,1H3/b10-9-. The molecule has 0 saturated carbocycles. The molecule has 0 fully saturated rings. The Kier molecular flexibility index (Phi) is 24.2. The molecule has 0 aliphatic rings. The van der Waals surface area contributed by atoms with Gasteiger partial charge in [0.2, 0.25) is 0 Å². The van der Waals surface area contributed by atoms with Crippen molar-refractivity contribution in [2.45, 2.75) is 109 Å². The number of aliphatic hydroxyl groups is 3. The number of allylic oxidation sites excluding steroid dienone is 2. The van der Waals surface area contributed by atoms with Crippen LogP contribution in [0.25, 0.3) is 0 Å². The number of carbonyl (C=O) groups is 1. The van der Waals surface area contributed by atoms with Gasteiger partial charge in [0.25, 0.3) is 0 Å². The van der Waals surface area contributed by atoms with Gasteiger partial charge in [-0.3, -0.25) is 14.5 Å². The smallest absolute Gasteiger partial charge is 0.135 e. The van der Waals surface area contributed by atoms with Gasteiger partial charge in [0.05, 0.1) is 39.1 Å². The van der Waals surface area contributed by atoms with E-state index in [2.05, 4.69) is 19.1 Å². The summed E-state index contributed by atoms with van der Waals surface area (Å²) in [6, 6.07) is 0. The number of hydrogen-bond acceptors (Lipinski definition) is 7. The van der Waals surface area contributed by atoms with Crippen molar-refractivity contribution in [3.63, 3.8) is 0 Å². The quantitative estimate of drug-likeness (QED) is 0.105. The van der Waals surface area contributed by atoms with E-state index < -0.39 is 6.10 Å². The fourth-order valence-electron chi connectivity index (χ4n) is 3.42. The molecule has 0 rings (SSSR count). The summed E-state index contributed by atoms with van der Waals surface area (Å²) in [4.78, 5) is 22.3. The van der Waals surface area contributed by atoms with Crippen molar-refractivity contribution in [1.82, 2.24) is 5.23 Å². The van der Waals surface area contributed by atoms with Gasteiger partial charge in [0.15, 0.2) is 0 Å². The van der Waals surface area contributed by atoms with Gasteiger partial charge in [-0.2, -0.15) is 0 Å². The van der Waals surface area contributed by atoms with Crippen LogP contribution in [0.4, 0.5) is 0 Å². The average Bonchev–Trinajstić information content (AvgIpc) is 2.78. The Bertz CT molecular complexity index is 425. The first-order valence-corrected chi connectivity index (χ1v) is 12.7. The number of nitrogens with zero attached hydrogens (tertiary/aromatic N) is 1. The molecular formula is C25H49NO6. The van der Waals surface area contributed by atoms with Crippen LogP contribution in [0.15, 0.2) is 12.2 Å². The summed E-state index contributed by atoms with van der Waals surface area (Å²) >= 11 is 0. The fourth-order valence-corrected chi connectivity index (χ4v) is 3.42. The Hall–Kier alpha value is -0.830. The van der Waals surface area contributed by atoms with Gasteiger partial charge in [-0.1, -0.05) is 75.7 Å². The van der Waals surface area contributed by atoms with Crippen molar-refractivity contribution in [2.75, 3.05) is 33.0 Å². The molecule has 0 heterocycles. The maximum Gasteiger partial charge on any atom is 0.135 e. The third kappa shape index (κ3) is 22.4. The minimum Gasteiger partial charge on any atom is -0.394 e. The van der Waals surface area contributed by atoms with Gasteiger partial charge in [0.1, 0.15) is 5.78 Å². The van der Waals surface area contributed by atoms with E-state index in [1.165, 1.54) is 57.8 Å². The molecule has 0 radical (unpaired) electrons. The lowest BCUT2D eigenvalue weighted by atomic mass is 10.0. The first-order chi connectivity index (χ1) is 15.6. The molecule has 0 saturated heterocycles. The maximum absolute atomic E-state index is 12.0. The molecule has 7 heteroatoms. The van der Waals surface area contributed by atoms with Crippen LogP contribution in [0.2, 0.25) is 0 Å². The van der Waals surface area contributed by atoms with Crippen molar-refractivity contribution in [2.24, 2.45) is 0 Å². The number of ketones is 1. The summed E-state index contributed by atoms with van der Waals surface area (Å²) < 4.78 is 0. The number of aliphatic hydroxyl groups excluding tert-OH is 3. The monoisotopic (exact) mass is 459 g/mol. The molecule has 0 spiro atoms. The van der Waals surface area contributed by atoms with E-state index in [1.807, 2.05) is 0 Å². The Balaban J connectivity index is 3.60. The van der Waals surface area contributed by atoms with E-state index in [1.54, 1.807) is 0 Å². The zero-order valence-corrected chi connectivity index (χ0v) is 20.4. The largest absolute Gasteiger partial charge is 0.394 e. The van der Waals surface area contributed by atoms with Crippen LogP contribution in [-0.4, -0.2) is 65.4 Å². The average molecular weight is 460 g/mol. The third-order valence-electron chi connectivity index (χ3n) is 5.19. The van der Waals surface area contributed by atoms with E-state index in [9.17, 15) is 9.90 Å². The molecule has 0 amide bonds. The van der Waals surface area contributed by atoms with E-state index in [-0.39, 0.29) is 45.2 Å². The molecule has 32 heavy (non-hydrogen) atoms.